The van der Waals surface area contributed by atoms with Crippen LogP contribution in [0.25, 0.3) is 5.65 Å². The molecular formula is C13H17N3O2. The van der Waals surface area contributed by atoms with Gasteiger partial charge in [0.2, 0.25) is 0 Å². The van der Waals surface area contributed by atoms with Crippen LogP contribution in [-0.2, 0) is 6.54 Å². The molecule has 2 rings (SSSR count). The standard InChI is InChI=1S/C13H17N3O2/c1-9(2)6-14-7-10-8-16-5-3-4-11(13(17)18)12(16)15-10/h3-5,8-9,14H,6-7H2,1-2H3,(H,17,18). The molecule has 0 aliphatic heterocycles. The Morgan fingerprint density at radius 3 is 3.00 bits per heavy atom. The van der Waals surface area contributed by atoms with Crippen LogP contribution in [0.5, 0.6) is 0 Å². The van der Waals surface area contributed by atoms with Crippen LogP contribution in [0.4, 0.5) is 0 Å². The third-order valence-electron chi connectivity index (χ3n) is 2.62. The number of fused-ring (bicyclic) bond motifs is 1. The number of nitrogens with one attached hydrogen (secondary N) is 1. The van der Waals surface area contributed by atoms with Gasteiger partial charge in [0.15, 0.2) is 5.65 Å². The monoisotopic (exact) mass is 247 g/mol. The molecule has 2 aromatic heterocycles. The minimum absolute atomic E-state index is 0.229. The lowest BCUT2D eigenvalue weighted by atomic mass is 10.2. The molecule has 0 aromatic carbocycles. The van der Waals surface area contributed by atoms with E-state index in [1.807, 2.05) is 6.20 Å². The quantitative estimate of drug-likeness (QED) is 0.845. The molecule has 18 heavy (non-hydrogen) atoms. The van der Waals surface area contributed by atoms with E-state index in [9.17, 15) is 4.79 Å². The van der Waals surface area contributed by atoms with Crippen molar-refractivity contribution in [3.63, 3.8) is 0 Å². The summed E-state index contributed by atoms with van der Waals surface area (Å²) in [5, 5.41) is 12.4. The number of imidazole rings is 1. The minimum Gasteiger partial charge on any atom is -0.478 e. The maximum absolute atomic E-state index is 11.1. The zero-order chi connectivity index (χ0) is 13.1. The van der Waals surface area contributed by atoms with E-state index >= 15 is 0 Å². The van der Waals surface area contributed by atoms with Crippen molar-refractivity contribution in [3.8, 4) is 0 Å². The van der Waals surface area contributed by atoms with Crippen molar-refractivity contribution in [2.75, 3.05) is 6.54 Å². The summed E-state index contributed by atoms with van der Waals surface area (Å²) in [5.74, 6) is -0.371. The van der Waals surface area contributed by atoms with E-state index in [2.05, 4.69) is 24.1 Å². The van der Waals surface area contributed by atoms with Gasteiger partial charge < -0.3 is 14.8 Å². The molecule has 0 atom stereocenters. The van der Waals surface area contributed by atoms with Gasteiger partial charge in [-0.2, -0.15) is 0 Å². The van der Waals surface area contributed by atoms with E-state index in [-0.39, 0.29) is 5.56 Å². The van der Waals surface area contributed by atoms with Gasteiger partial charge in [-0.05, 0) is 24.6 Å². The summed E-state index contributed by atoms with van der Waals surface area (Å²) in [6.07, 6.45) is 3.66. The van der Waals surface area contributed by atoms with E-state index < -0.39 is 5.97 Å². The maximum atomic E-state index is 11.1. The number of hydrogen-bond donors (Lipinski definition) is 2. The number of rotatable bonds is 5. The molecule has 2 N–H and O–H groups in total. The van der Waals surface area contributed by atoms with Crippen LogP contribution in [0.1, 0.15) is 29.9 Å². The number of carboxylic acids is 1. The summed E-state index contributed by atoms with van der Waals surface area (Å²) in [6, 6.07) is 3.28. The highest BCUT2D eigenvalue weighted by molar-refractivity contribution is 5.94. The molecule has 0 unspecified atom stereocenters. The second-order valence-electron chi connectivity index (χ2n) is 4.71. The summed E-state index contributed by atoms with van der Waals surface area (Å²) in [6.45, 7) is 5.84. The Morgan fingerprint density at radius 2 is 2.33 bits per heavy atom. The molecule has 0 aliphatic rings. The first kappa shape index (κ1) is 12.6. The van der Waals surface area contributed by atoms with Crippen LogP contribution in [0, 0.1) is 5.92 Å². The molecule has 0 fully saturated rings. The van der Waals surface area contributed by atoms with Gasteiger partial charge >= 0.3 is 5.97 Å². The van der Waals surface area contributed by atoms with E-state index in [0.717, 1.165) is 12.2 Å². The average molecular weight is 247 g/mol. The number of hydrogen-bond acceptors (Lipinski definition) is 3. The van der Waals surface area contributed by atoms with Gasteiger partial charge in [-0.15, -0.1) is 0 Å². The normalized spacial score (nSPS) is 11.3. The fraction of sp³-hybridized carbons (Fsp3) is 0.385. The molecule has 0 bridgehead atoms. The second kappa shape index (κ2) is 5.18. The Hall–Kier alpha value is -1.88. The highest BCUT2D eigenvalue weighted by Gasteiger charge is 2.11. The van der Waals surface area contributed by atoms with Crippen molar-refractivity contribution in [1.82, 2.24) is 14.7 Å². The number of carbonyl (C=O) groups is 1. The van der Waals surface area contributed by atoms with Gasteiger partial charge in [0, 0.05) is 18.9 Å². The Labute approximate surface area is 105 Å². The van der Waals surface area contributed by atoms with Crippen molar-refractivity contribution in [2.45, 2.75) is 20.4 Å². The molecule has 96 valence electrons. The number of carboxylic acid groups (broad SMARTS) is 1. The van der Waals surface area contributed by atoms with Crippen LogP contribution >= 0.6 is 0 Å². The highest BCUT2D eigenvalue weighted by atomic mass is 16.4. The van der Waals surface area contributed by atoms with Gasteiger partial charge in [-0.1, -0.05) is 13.8 Å². The lowest BCUT2D eigenvalue weighted by Crippen LogP contribution is -2.19. The largest absolute Gasteiger partial charge is 0.478 e. The van der Waals surface area contributed by atoms with E-state index in [1.54, 1.807) is 22.7 Å². The smallest absolute Gasteiger partial charge is 0.339 e. The summed E-state index contributed by atoms with van der Waals surface area (Å²) in [4.78, 5) is 15.4. The molecule has 5 heteroatoms. The molecule has 0 saturated heterocycles. The van der Waals surface area contributed by atoms with Crippen LogP contribution in [-0.4, -0.2) is 27.0 Å². The van der Waals surface area contributed by atoms with Gasteiger partial charge in [0.25, 0.3) is 0 Å². The fourth-order valence-corrected chi connectivity index (χ4v) is 1.80. The Kier molecular flexibility index (Phi) is 3.62. The molecular weight excluding hydrogens is 230 g/mol. The summed E-state index contributed by atoms with van der Waals surface area (Å²) >= 11 is 0. The van der Waals surface area contributed by atoms with Crippen LogP contribution < -0.4 is 5.32 Å². The lowest BCUT2D eigenvalue weighted by molar-refractivity contribution is 0.0698. The first-order valence-corrected chi connectivity index (χ1v) is 5.98. The van der Waals surface area contributed by atoms with E-state index in [1.165, 1.54) is 0 Å². The highest BCUT2D eigenvalue weighted by Crippen LogP contribution is 2.11. The Morgan fingerprint density at radius 1 is 1.56 bits per heavy atom. The van der Waals surface area contributed by atoms with Gasteiger partial charge in [-0.25, -0.2) is 9.78 Å². The van der Waals surface area contributed by atoms with Crippen molar-refractivity contribution in [3.05, 3.63) is 35.8 Å². The zero-order valence-electron chi connectivity index (χ0n) is 10.6. The molecule has 5 nitrogen and oxygen atoms in total. The predicted octanol–water partition coefficient (Wildman–Crippen LogP) is 1.78. The summed E-state index contributed by atoms with van der Waals surface area (Å²) in [7, 11) is 0. The summed E-state index contributed by atoms with van der Waals surface area (Å²) in [5.41, 5.74) is 1.57. The van der Waals surface area contributed by atoms with Gasteiger partial charge in [-0.3, -0.25) is 0 Å². The number of nitrogens with zero attached hydrogens (tertiary/aromatic N) is 2. The molecule has 0 spiro atoms. The number of aromatic carboxylic acids is 1. The van der Waals surface area contributed by atoms with Gasteiger partial charge in [0.1, 0.15) is 5.56 Å². The topological polar surface area (TPSA) is 66.6 Å². The predicted molar refractivity (Wildman–Crippen MR) is 68.7 cm³/mol. The third-order valence-corrected chi connectivity index (χ3v) is 2.62. The van der Waals surface area contributed by atoms with Crippen molar-refractivity contribution in [2.24, 2.45) is 5.92 Å². The van der Waals surface area contributed by atoms with Crippen molar-refractivity contribution < 1.29 is 9.90 Å². The Bertz CT molecular complexity index is 560. The van der Waals surface area contributed by atoms with Gasteiger partial charge in [0.05, 0.1) is 5.69 Å². The number of aromatic nitrogens is 2. The van der Waals surface area contributed by atoms with E-state index in [0.29, 0.717) is 18.1 Å². The first-order chi connectivity index (χ1) is 8.58. The number of pyridine rings is 1. The fourth-order valence-electron chi connectivity index (χ4n) is 1.80. The lowest BCUT2D eigenvalue weighted by Gasteiger charge is -2.04. The van der Waals surface area contributed by atoms with Crippen molar-refractivity contribution >= 4 is 11.6 Å². The first-order valence-electron chi connectivity index (χ1n) is 5.98. The van der Waals surface area contributed by atoms with Crippen LogP contribution in [0.3, 0.4) is 0 Å². The Balaban J connectivity index is 2.22. The van der Waals surface area contributed by atoms with Crippen LogP contribution in [0.15, 0.2) is 24.5 Å². The maximum Gasteiger partial charge on any atom is 0.339 e. The molecule has 0 aliphatic carbocycles. The molecule has 0 saturated carbocycles. The average Bonchev–Trinajstić information content (AvgIpc) is 2.70. The van der Waals surface area contributed by atoms with Crippen molar-refractivity contribution in [1.29, 1.82) is 0 Å². The molecule has 0 radical (unpaired) electrons. The molecule has 0 amide bonds. The molecule has 2 aromatic rings. The molecule has 2 heterocycles. The zero-order valence-corrected chi connectivity index (χ0v) is 10.6. The SMILES string of the molecule is CC(C)CNCc1cn2cccc(C(=O)O)c2n1. The van der Waals surface area contributed by atoms with E-state index in [4.69, 9.17) is 5.11 Å². The summed E-state index contributed by atoms with van der Waals surface area (Å²) < 4.78 is 1.75. The van der Waals surface area contributed by atoms with Crippen LogP contribution in [0.2, 0.25) is 0 Å². The minimum atomic E-state index is -0.951. The second-order valence-corrected chi connectivity index (χ2v) is 4.71. The third kappa shape index (κ3) is 2.68.